The fraction of sp³-hybridized carbons (Fsp3) is 0.105. The Kier molecular flexibility index (Phi) is 5.64. The summed E-state index contributed by atoms with van der Waals surface area (Å²) in [6.45, 7) is 0.458. The van der Waals surface area contributed by atoms with Crippen molar-refractivity contribution in [3.63, 3.8) is 0 Å². The number of benzene rings is 1. The van der Waals surface area contributed by atoms with Crippen LogP contribution in [0.3, 0.4) is 0 Å². The van der Waals surface area contributed by atoms with Crippen molar-refractivity contribution < 1.29 is 4.79 Å². The molecule has 0 unspecified atom stereocenters. The monoisotopic (exact) mass is 351 g/mol. The van der Waals surface area contributed by atoms with E-state index in [1.165, 1.54) is 0 Å². The van der Waals surface area contributed by atoms with E-state index in [9.17, 15) is 9.59 Å². The molecule has 0 atom stereocenters. The third-order valence-corrected chi connectivity index (χ3v) is 4.46. The average molecular weight is 351 g/mol. The molecule has 126 valence electrons. The SMILES string of the molecule is O=C(NCCSc1ccccn1)c1ccc(-c2ccccc2)[nH]c1=O. The number of carbonyl (C=O) groups is 1. The van der Waals surface area contributed by atoms with Crippen LogP contribution in [0.1, 0.15) is 10.4 Å². The van der Waals surface area contributed by atoms with Gasteiger partial charge in [0, 0.05) is 24.2 Å². The lowest BCUT2D eigenvalue weighted by Crippen LogP contribution is -2.31. The Labute approximate surface area is 149 Å². The van der Waals surface area contributed by atoms with Crippen molar-refractivity contribution in [2.45, 2.75) is 5.03 Å². The van der Waals surface area contributed by atoms with Gasteiger partial charge < -0.3 is 10.3 Å². The van der Waals surface area contributed by atoms with E-state index in [4.69, 9.17) is 0 Å². The fourth-order valence-corrected chi connectivity index (χ4v) is 3.01. The van der Waals surface area contributed by atoms with E-state index in [0.717, 1.165) is 10.6 Å². The molecule has 0 aliphatic carbocycles. The van der Waals surface area contributed by atoms with Gasteiger partial charge in [0.05, 0.1) is 5.03 Å². The van der Waals surface area contributed by atoms with Gasteiger partial charge in [-0.1, -0.05) is 36.4 Å². The van der Waals surface area contributed by atoms with Gasteiger partial charge in [0.1, 0.15) is 5.56 Å². The van der Waals surface area contributed by atoms with Crippen molar-refractivity contribution in [3.8, 4) is 11.3 Å². The number of amides is 1. The van der Waals surface area contributed by atoms with E-state index >= 15 is 0 Å². The first-order chi connectivity index (χ1) is 12.2. The number of thioether (sulfide) groups is 1. The molecule has 0 saturated carbocycles. The molecule has 25 heavy (non-hydrogen) atoms. The van der Waals surface area contributed by atoms with E-state index in [1.807, 2.05) is 48.5 Å². The molecule has 0 bridgehead atoms. The van der Waals surface area contributed by atoms with Gasteiger partial charge in [0.25, 0.3) is 11.5 Å². The predicted octanol–water partition coefficient (Wildman–Crippen LogP) is 2.96. The maximum absolute atomic E-state index is 12.2. The molecule has 0 saturated heterocycles. The molecule has 0 spiro atoms. The Morgan fingerprint density at radius 1 is 1.04 bits per heavy atom. The largest absolute Gasteiger partial charge is 0.351 e. The lowest BCUT2D eigenvalue weighted by molar-refractivity contribution is 0.0954. The van der Waals surface area contributed by atoms with E-state index < -0.39 is 5.56 Å². The third-order valence-electron chi connectivity index (χ3n) is 3.51. The molecule has 0 radical (unpaired) electrons. The maximum atomic E-state index is 12.2. The van der Waals surface area contributed by atoms with Crippen molar-refractivity contribution >= 4 is 17.7 Å². The Balaban J connectivity index is 1.58. The van der Waals surface area contributed by atoms with Gasteiger partial charge in [-0.05, 0) is 29.8 Å². The number of nitrogens with one attached hydrogen (secondary N) is 2. The highest BCUT2D eigenvalue weighted by molar-refractivity contribution is 7.99. The minimum Gasteiger partial charge on any atom is -0.351 e. The highest BCUT2D eigenvalue weighted by Crippen LogP contribution is 2.15. The van der Waals surface area contributed by atoms with E-state index in [0.29, 0.717) is 18.0 Å². The number of carbonyl (C=O) groups excluding carboxylic acids is 1. The lowest BCUT2D eigenvalue weighted by Gasteiger charge is -2.06. The highest BCUT2D eigenvalue weighted by Gasteiger charge is 2.11. The summed E-state index contributed by atoms with van der Waals surface area (Å²) in [5.74, 6) is 0.311. The predicted molar refractivity (Wildman–Crippen MR) is 99.8 cm³/mol. The minimum atomic E-state index is -0.392. The second-order valence-corrected chi connectivity index (χ2v) is 6.37. The summed E-state index contributed by atoms with van der Waals surface area (Å²) in [6.07, 6.45) is 1.73. The van der Waals surface area contributed by atoms with Crippen LogP contribution in [0.5, 0.6) is 0 Å². The molecule has 3 aromatic rings. The summed E-state index contributed by atoms with van der Waals surface area (Å²) >= 11 is 1.55. The van der Waals surface area contributed by atoms with Gasteiger partial charge in [-0.2, -0.15) is 0 Å². The zero-order valence-corrected chi connectivity index (χ0v) is 14.3. The summed E-state index contributed by atoms with van der Waals surface area (Å²) in [6, 6.07) is 18.5. The minimum absolute atomic E-state index is 0.113. The number of hydrogen-bond donors (Lipinski definition) is 2. The van der Waals surface area contributed by atoms with Gasteiger partial charge in [0.15, 0.2) is 0 Å². The number of aromatic amines is 1. The summed E-state index contributed by atoms with van der Waals surface area (Å²) in [7, 11) is 0. The van der Waals surface area contributed by atoms with Gasteiger partial charge in [-0.15, -0.1) is 11.8 Å². The molecule has 1 aromatic carbocycles. The molecule has 6 heteroatoms. The van der Waals surface area contributed by atoms with Crippen LogP contribution in [0.2, 0.25) is 0 Å². The Hall–Kier alpha value is -2.86. The lowest BCUT2D eigenvalue weighted by atomic mass is 10.1. The average Bonchev–Trinajstić information content (AvgIpc) is 2.66. The van der Waals surface area contributed by atoms with Crippen LogP contribution < -0.4 is 10.9 Å². The number of rotatable bonds is 6. The van der Waals surface area contributed by atoms with Crippen LogP contribution in [-0.4, -0.2) is 28.2 Å². The summed E-state index contributed by atoms with van der Waals surface area (Å²) in [5, 5.41) is 3.67. The number of hydrogen-bond acceptors (Lipinski definition) is 4. The molecule has 0 aliphatic rings. The summed E-state index contributed by atoms with van der Waals surface area (Å²) in [5.41, 5.74) is 1.31. The Bertz CT molecular complexity index is 895. The number of H-pyrrole nitrogens is 1. The van der Waals surface area contributed by atoms with Crippen LogP contribution in [0.25, 0.3) is 11.3 Å². The molecule has 2 N–H and O–H groups in total. The van der Waals surface area contributed by atoms with E-state index in [2.05, 4.69) is 15.3 Å². The van der Waals surface area contributed by atoms with Crippen molar-refractivity contribution in [3.05, 3.63) is 82.8 Å². The summed E-state index contributed by atoms with van der Waals surface area (Å²) < 4.78 is 0. The second kappa shape index (κ2) is 8.30. The molecule has 0 fully saturated rings. The standard InChI is InChI=1S/C19H17N3O2S/c23-18(21-12-13-25-17-8-4-5-11-20-17)15-9-10-16(22-19(15)24)14-6-2-1-3-7-14/h1-11H,12-13H2,(H,21,23)(H,22,24). The molecule has 5 nitrogen and oxygen atoms in total. The van der Waals surface area contributed by atoms with Gasteiger partial charge in [-0.3, -0.25) is 9.59 Å². The van der Waals surface area contributed by atoms with Gasteiger partial charge in [-0.25, -0.2) is 4.98 Å². The molecule has 2 heterocycles. The molecule has 2 aromatic heterocycles. The summed E-state index contributed by atoms with van der Waals surface area (Å²) in [4.78, 5) is 31.3. The smallest absolute Gasteiger partial charge is 0.261 e. The van der Waals surface area contributed by atoms with Crippen LogP contribution in [-0.2, 0) is 0 Å². The Morgan fingerprint density at radius 2 is 1.84 bits per heavy atom. The van der Waals surface area contributed by atoms with Crippen LogP contribution in [0.15, 0.2) is 76.7 Å². The number of aromatic nitrogens is 2. The number of pyridine rings is 2. The van der Waals surface area contributed by atoms with Crippen LogP contribution in [0, 0.1) is 0 Å². The maximum Gasteiger partial charge on any atom is 0.261 e. The first-order valence-electron chi connectivity index (χ1n) is 7.85. The van der Waals surface area contributed by atoms with Crippen LogP contribution in [0.4, 0.5) is 0 Å². The molecule has 0 aliphatic heterocycles. The van der Waals surface area contributed by atoms with Gasteiger partial charge in [0.2, 0.25) is 0 Å². The van der Waals surface area contributed by atoms with E-state index in [1.54, 1.807) is 30.1 Å². The molecular weight excluding hydrogens is 334 g/mol. The van der Waals surface area contributed by atoms with Crippen molar-refractivity contribution in [1.82, 2.24) is 15.3 Å². The topological polar surface area (TPSA) is 74.8 Å². The molecule has 3 rings (SSSR count). The molecular formula is C19H17N3O2S. The van der Waals surface area contributed by atoms with Crippen molar-refractivity contribution in [2.24, 2.45) is 0 Å². The van der Waals surface area contributed by atoms with E-state index in [-0.39, 0.29) is 11.5 Å². The highest BCUT2D eigenvalue weighted by atomic mass is 32.2. The van der Waals surface area contributed by atoms with Crippen molar-refractivity contribution in [1.29, 1.82) is 0 Å². The second-order valence-electron chi connectivity index (χ2n) is 5.25. The first kappa shape index (κ1) is 17.0. The third kappa shape index (κ3) is 4.58. The molecule has 1 amide bonds. The fourth-order valence-electron chi connectivity index (χ4n) is 2.29. The quantitative estimate of drug-likeness (QED) is 0.529. The Morgan fingerprint density at radius 3 is 2.56 bits per heavy atom. The number of nitrogens with zero attached hydrogens (tertiary/aromatic N) is 1. The zero-order valence-electron chi connectivity index (χ0n) is 13.4. The first-order valence-corrected chi connectivity index (χ1v) is 8.83. The van der Waals surface area contributed by atoms with Crippen LogP contribution >= 0.6 is 11.8 Å². The normalized spacial score (nSPS) is 10.4. The van der Waals surface area contributed by atoms with Gasteiger partial charge >= 0.3 is 0 Å². The zero-order chi connectivity index (χ0) is 17.5. The van der Waals surface area contributed by atoms with Crippen molar-refractivity contribution in [2.75, 3.05) is 12.3 Å².